The van der Waals surface area contributed by atoms with E-state index in [1.807, 2.05) is 18.2 Å². The molecule has 0 fully saturated rings. The highest BCUT2D eigenvalue weighted by molar-refractivity contribution is 5.80. The zero-order valence-electron chi connectivity index (χ0n) is 12.2. The zero-order valence-corrected chi connectivity index (χ0v) is 12.2. The fourth-order valence-electron chi connectivity index (χ4n) is 2.48. The van der Waals surface area contributed by atoms with Crippen LogP contribution in [0, 0.1) is 0 Å². The minimum atomic E-state index is 0.575. The Kier molecular flexibility index (Phi) is 3.84. The Morgan fingerprint density at radius 1 is 0.952 bits per heavy atom. The van der Waals surface area contributed by atoms with Crippen LogP contribution in [-0.2, 0) is 13.1 Å². The maximum Gasteiger partial charge on any atom is 0.129 e. The molecule has 21 heavy (non-hydrogen) atoms. The Morgan fingerprint density at radius 3 is 2.62 bits per heavy atom. The van der Waals surface area contributed by atoms with Gasteiger partial charge in [0.2, 0.25) is 0 Å². The monoisotopic (exact) mass is 277 g/mol. The molecule has 3 nitrogen and oxygen atoms in total. The highest BCUT2D eigenvalue weighted by Crippen LogP contribution is 2.18. The van der Waals surface area contributed by atoms with Crippen molar-refractivity contribution in [2.24, 2.45) is 5.73 Å². The molecule has 0 spiro atoms. The van der Waals surface area contributed by atoms with E-state index >= 15 is 0 Å². The standard InChI is InChI=1S/C18H19N3/c1-21(13-15-6-4-5-14(11-15)12-19)18-10-9-16-7-2-3-8-17(16)20-18/h2-11H,12-13,19H2,1H3. The Morgan fingerprint density at radius 2 is 1.76 bits per heavy atom. The van der Waals surface area contributed by atoms with Crippen molar-refractivity contribution in [3.63, 3.8) is 0 Å². The van der Waals surface area contributed by atoms with Gasteiger partial charge in [-0.1, -0.05) is 42.5 Å². The molecule has 0 bridgehead atoms. The van der Waals surface area contributed by atoms with E-state index in [9.17, 15) is 0 Å². The van der Waals surface area contributed by atoms with Crippen LogP contribution in [-0.4, -0.2) is 12.0 Å². The first-order valence-electron chi connectivity index (χ1n) is 7.11. The molecule has 0 atom stereocenters. The number of fused-ring (bicyclic) bond motifs is 1. The summed E-state index contributed by atoms with van der Waals surface area (Å²) in [5.41, 5.74) is 9.13. The van der Waals surface area contributed by atoms with Gasteiger partial charge in [0, 0.05) is 25.5 Å². The van der Waals surface area contributed by atoms with E-state index in [2.05, 4.69) is 54.4 Å². The SMILES string of the molecule is CN(Cc1cccc(CN)c1)c1ccc2ccccc2n1. The molecular formula is C18H19N3. The predicted octanol–water partition coefficient (Wildman–Crippen LogP) is 3.33. The maximum absolute atomic E-state index is 5.70. The first-order valence-corrected chi connectivity index (χ1v) is 7.11. The van der Waals surface area contributed by atoms with Crippen LogP contribution in [0.2, 0.25) is 0 Å². The summed E-state index contributed by atoms with van der Waals surface area (Å²) in [5.74, 6) is 0.979. The van der Waals surface area contributed by atoms with Gasteiger partial charge in [-0.05, 0) is 29.3 Å². The Balaban J connectivity index is 1.84. The van der Waals surface area contributed by atoms with Crippen molar-refractivity contribution in [2.45, 2.75) is 13.1 Å². The molecule has 106 valence electrons. The van der Waals surface area contributed by atoms with Crippen molar-refractivity contribution in [3.8, 4) is 0 Å². The van der Waals surface area contributed by atoms with Crippen LogP contribution in [0.15, 0.2) is 60.7 Å². The topological polar surface area (TPSA) is 42.1 Å². The van der Waals surface area contributed by atoms with Crippen LogP contribution >= 0.6 is 0 Å². The average Bonchev–Trinajstić information content (AvgIpc) is 2.54. The van der Waals surface area contributed by atoms with Crippen molar-refractivity contribution in [2.75, 3.05) is 11.9 Å². The normalized spacial score (nSPS) is 10.8. The number of anilines is 1. The minimum absolute atomic E-state index is 0.575. The summed E-state index contributed by atoms with van der Waals surface area (Å²) in [5, 5.41) is 1.17. The number of nitrogens with two attached hydrogens (primary N) is 1. The van der Waals surface area contributed by atoms with Crippen LogP contribution in [0.1, 0.15) is 11.1 Å². The number of rotatable bonds is 4. The molecule has 3 heteroatoms. The van der Waals surface area contributed by atoms with Gasteiger partial charge in [-0.25, -0.2) is 4.98 Å². The minimum Gasteiger partial charge on any atom is -0.355 e. The van der Waals surface area contributed by atoms with Crippen molar-refractivity contribution in [1.29, 1.82) is 0 Å². The van der Waals surface area contributed by atoms with Crippen LogP contribution in [0.3, 0.4) is 0 Å². The second-order valence-electron chi connectivity index (χ2n) is 5.24. The van der Waals surface area contributed by atoms with Crippen LogP contribution in [0.4, 0.5) is 5.82 Å². The quantitative estimate of drug-likeness (QED) is 0.795. The molecule has 2 N–H and O–H groups in total. The summed E-state index contributed by atoms with van der Waals surface area (Å²) in [4.78, 5) is 6.87. The largest absolute Gasteiger partial charge is 0.355 e. The lowest BCUT2D eigenvalue weighted by Crippen LogP contribution is -2.17. The summed E-state index contributed by atoms with van der Waals surface area (Å²) in [6.45, 7) is 1.39. The molecule has 0 radical (unpaired) electrons. The van der Waals surface area contributed by atoms with Crippen molar-refractivity contribution < 1.29 is 0 Å². The van der Waals surface area contributed by atoms with E-state index in [0.717, 1.165) is 23.4 Å². The Bertz CT molecular complexity index is 752. The summed E-state index contributed by atoms with van der Waals surface area (Å²) in [7, 11) is 2.06. The van der Waals surface area contributed by atoms with Gasteiger partial charge in [-0.15, -0.1) is 0 Å². The van der Waals surface area contributed by atoms with E-state index in [0.29, 0.717) is 6.54 Å². The van der Waals surface area contributed by atoms with E-state index in [1.165, 1.54) is 10.9 Å². The maximum atomic E-state index is 5.70. The summed E-state index contributed by atoms with van der Waals surface area (Å²) >= 11 is 0. The summed E-state index contributed by atoms with van der Waals surface area (Å²) in [6.07, 6.45) is 0. The number of benzene rings is 2. The summed E-state index contributed by atoms with van der Waals surface area (Å²) < 4.78 is 0. The van der Waals surface area contributed by atoms with E-state index < -0.39 is 0 Å². The molecule has 1 aromatic heterocycles. The number of hydrogen-bond acceptors (Lipinski definition) is 3. The number of hydrogen-bond donors (Lipinski definition) is 1. The zero-order chi connectivity index (χ0) is 14.7. The smallest absolute Gasteiger partial charge is 0.129 e. The lowest BCUT2D eigenvalue weighted by Gasteiger charge is -2.19. The lowest BCUT2D eigenvalue weighted by molar-refractivity contribution is 0.898. The molecule has 3 aromatic rings. The highest BCUT2D eigenvalue weighted by Gasteiger charge is 2.05. The molecule has 1 heterocycles. The van der Waals surface area contributed by atoms with Crippen molar-refractivity contribution >= 4 is 16.7 Å². The molecule has 0 saturated carbocycles. The van der Waals surface area contributed by atoms with Crippen LogP contribution < -0.4 is 10.6 Å². The second-order valence-corrected chi connectivity index (χ2v) is 5.24. The molecular weight excluding hydrogens is 258 g/mol. The van der Waals surface area contributed by atoms with Gasteiger partial charge in [0.25, 0.3) is 0 Å². The molecule has 0 unspecified atom stereocenters. The fraction of sp³-hybridized carbons (Fsp3) is 0.167. The van der Waals surface area contributed by atoms with Gasteiger partial charge in [-0.2, -0.15) is 0 Å². The first kappa shape index (κ1) is 13.6. The number of para-hydroxylation sites is 1. The van der Waals surface area contributed by atoms with Crippen LogP contribution in [0.5, 0.6) is 0 Å². The molecule has 2 aromatic carbocycles. The third-order valence-electron chi connectivity index (χ3n) is 3.62. The van der Waals surface area contributed by atoms with Gasteiger partial charge >= 0.3 is 0 Å². The number of pyridine rings is 1. The second kappa shape index (κ2) is 5.94. The fourth-order valence-corrected chi connectivity index (χ4v) is 2.48. The molecule has 0 aliphatic rings. The van der Waals surface area contributed by atoms with Crippen molar-refractivity contribution in [1.82, 2.24) is 4.98 Å². The third kappa shape index (κ3) is 3.03. The molecule has 3 rings (SSSR count). The molecule has 0 aliphatic carbocycles. The first-order chi connectivity index (χ1) is 10.3. The average molecular weight is 277 g/mol. The van der Waals surface area contributed by atoms with Gasteiger partial charge in [-0.3, -0.25) is 0 Å². The van der Waals surface area contributed by atoms with E-state index in [1.54, 1.807) is 0 Å². The van der Waals surface area contributed by atoms with E-state index in [-0.39, 0.29) is 0 Å². The summed E-state index contributed by atoms with van der Waals surface area (Å²) in [6, 6.07) is 20.7. The Hall–Kier alpha value is -2.39. The number of aromatic nitrogens is 1. The highest BCUT2D eigenvalue weighted by atomic mass is 15.2. The van der Waals surface area contributed by atoms with Gasteiger partial charge in [0.1, 0.15) is 5.82 Å². The third-order valence-corrected chi connectivity index (χ3v) is 3.62. The molecule has 0 saturated heterocycles. The molecule has 0 aliphatic heterocycles. The number of nitrogens with zero attached hydrogens (tertiary/aromatic N) is 2. The van der Waals surface area contributed by atoms with E-state index in [4.69, 9.17) is 10.7 Å². The van der Waals surface area contributed by atoms with Crippen molar-refractivity contribution in [3.05, 3.63) is 71.8 Å². The van der Waals surface area contributed by atoms with Gasteiger partial charge in [0.15, 0.2) is 0 Å². The lowest BCUT2D eigenvalue weighted by atomic mass is 10.1. The van der Waals surface area contributed by atoms with Gasteiger partial charge in [0.05, 0.1) is 5.52 Å². The molecule has 0 amide bonds. The van der Waals surface area contributed by atoms with Gasteiger partial charge < -0.3 is 10.6 Å². The van der Waals surface area contributed by atoms with Crippen LogP contribution in [0.25, 0.3) is 10.9 Å². The Labute approximate surface area is 125 Å². The predicted molar refractivity (Wildman–Crippen MR) is 88.2 cm³/mol.